The molecule has 0 aliphatic rings. The van der Waals surface area contributed by atoms with Gasteiger partial charge in [0.1, 0.15) is 0 Å². The second-order valence-electron chi connectivity index (χ2n) is 2.79. The molecule has 0 bridgehead atoms. The van der Waals surface area contributed by atoms with Gasteiger partial charge in [0, 0.05) is 24.5 Å². The predicted octanol–water partition coefficient (Wildman–Crippen LogP) is 2.04. The van der Waals surface area contributed by atoms with E-state index >= 15 is 0 Å². The molecule has 2 heterocycles. The smallest absolute Gasteiger partial charge is 0.225 e. The first-order valence-electron chi connectivity index (χ1n) is 4.06. The van der Waals surface area contributed by atoms with Crippen LogP contribution in [0.3, 0.4) is 0 Å². The van der Waals surface area contributed by atoms with Crippen molar-refractivity contribution in [1.82, 2.24) is 4.98 Å². The van der Waals surface area contributed by atoms with Crippen LogP contribution < -0.4 is 4.73 Å². The van der Waals surface area contributed by atoms with Crippen molar-refractivity contribution in [3.8, 4) is 11.3 Å². The standard InChI is InChI=1S/C10H7ClN2O/c11-9-3-6-13(14)10(7-9)8-1-4-12-5-2-8/h1-7H. The molecule has 0 saturated heterocycles. The molecule has 4 heteroatoms. The molecule has 2 rings (SSSR count). The Labute approximate surface area is 86.2 Å². The van der Waals surface area contributed by atoms with E-state index in [1.54, 1.807) is 36.7 Å². The van der Waals surface area contributed by atoms with E-state index in [2.05, 4.69) is 4.98 Å². The van der Waals surface area contributed by atoms with Crippen molar-refractivity contribution < 1.29 is 4.73 Å². The van der Waals surface area contributed by atoms with E-state index in [0.717, 1.165) is 10.3 Å². The highest BCUT2D eigenvalue weighted by atomic mass is 35.5. The Bertz CT molecular complexity index is 445. The first-order valence-corrected chi connectivity index (χ1v) is 4.44. The minimum atomic E-state index is 0.528. The number of halogens is 1. The largest absolute Gasteiger partial charge is 0.618 e. The lowest BCUT2D eigenvalue weighted by Crippen LogP contribution is -2.28. The summed E-state index contributed by atoms with van der Waals surface area (Å²) in [6, 6.07) is 6.71. The van der Waals surface area contributed by atoms with Gasteiger partial charge in [-0.05, 0) is 12.1 Å². The average molecular weight is 207 g/mol. The Morgan fingerprint density at radius 1 is 1.21 bits per heavy atom. The van der Waals surface area contributed by atoms with E-state index in [-0.39, 0.29) is 0 Å². The van der Waals surface area contributed by atoms with Crippen molar-refractivity contribution in [3.05, 3.63) is 53.1 Å². The maximum absolute atomic E-state index is 11.4. The third-order valence-corrected chi connectivity index (χ3v) is 2.09. The molecule has 2 aromatic heterocycles. The summed E-state index contributed by atoms with van der Waals surface area (Å²) >= 11 is 5.80. The number of pyridine rings is 2. The molecule has 0 aliphatic heterocycles. The fraction of sp³-hybridized carbons (Fsp3) is 0. The molecule has 3 nitrogen and oxygen atoms in total. The van der Waals surface area contributed by atoms with Crippen molar-refractivity contribution in [2.75, 3.05) is 0 Å². The summed E-state index contributed by atoms with van der Waals surface area (Å²) in [7, 11) is 0. The van der Waals surface area contributed by atoms with Crippen LogP contribution in [0, 0.1) is 5.21 Å². The summed E-state index contributed by atoms with van der Waals surface area (Å²) < 4.78 is 0.779. The Balaban J connectivity index is 2.57. The molecule has 0 spiro atoms. The fourth-order valence-electron chi connectivity index (χ4n) is 1.19. The Hall–Kier alpha value is -1.61. The van der Waals surface area contributed by atoms with Crippen LogP contribution in [0.25, 0.3) is 11.3 Å². The lowest BCUT2D eigenvalue weighted by molar-refractivity contribution is -0.593. The van der Waals surface area contributed by atoms with Crippen LogP contribution in [-0.4, -0.2) is 4.98 Å². The normalized spacial score (nSPS) is 10.1. The van der Waals surface area contributed by atoms with Crippen molar-refractivity contribution >= 4 is 11.6 Å². The molecule has 0 radical (unpaired) electrons. The molecule has 0 saturated carbocycles. The van der Waals surface area contributed by atoms with E-state index in [1.165, 1.54) is 6.20 Å². The monoisotopic (exact) mass is 206 g/mol. The van der Waals surface area contributed by atoms with Gasteiger partial charge in [-0.25, -0.2) is 0 Å². The fourth-order valence-corrected chi connectivity index (χ4v) is 1.35. The summed E-state index contributed by atoms with van der Waals surface area (Å²) in [6.07, 6.45) is 4.66. The number of rotatable bonds is 1. The molecule has 0 aromatic carbocycles. The van der Waals surface area contributed by atoms with Gasteiger partial charge in [0.05, 0.1) is 10.6 Å². The second kappa shape index (κ2) is 3.64. The van der Waals surface area contributed by atoms with Gasteiger partial charge in [-0.1, -0.05) is 11.6 Å². The highest BCUT2D eigenvalue weighted by Gasteiger charge is 2.08. The SMILES string of the molecule is [O-][n+]1ccc(Cl)cc1-c1ccncc1. The van der Waals surface area contributed by atoms with Crippen molar-refractivity contribution in [2.24, 2.45) is 0 Å². The molecule has 0 aliphatic carbocycles. The molecule has 14 heavy (non-hydrogen) atoms. The average Bonchev–Trinajstić information content (AvgIpc) is 2.23. The number of nitrogens with zero attached hydrogens (tertiary/aromatic N) is 2. The zero-order valence-corrected chi connectivity index (χ0v) is 7.98. The lowest BCUT2D eigenvalue weighted by Gasteiger charge is -2.03. The lowest BCUT2D eigenvalue weighted by atomic mass is 10.2. The van der Waals surface area contributed by atoms with Crippen LogP contribution in [0.2, 0.25) is 5.02 Å². The third-order valence-electron chi connectivity index (χ3n) is 1.86. The zero-order chi connectivity index (χ0) is 9.97. The number of aromatic nitrogens is 2. The van der Waals surface area contributed by atoms with E-state index in [9.17, 15) is 5.21 Å². The van der Waals surface area contributed by atoms with Crippen LogP contribution in [0.5, 0.6) is 0 Å². The van der Waals surface area contributed by atoms with Crippen LogP contribution in [-0.2, 0) is 0 Å². The summed E-state index contributed by atoms with van der Waals surface area (Å²) in [4.78, 5) is 3.88. The van der Waals surface area contributed by atoms with E-state index in [0.29, 0.717) is 10.7 Å². The van der Waals surface area contributed by atoms with Gasteiger partial charge in [-0.3, -0.25) is 4.98 Å². The predicted molar refractivity (Wildman–Crippen MR) is 53.6 cm³/mol. The van der Waals surface area contributed by atoms with Crippen LogP contribution in [0.4, 0.5) is 0 Å². The van der Waals surface area contributed by atoms with Crippen molar-refractivity contribution in [3.63, 3.8) is 0 Å². The molecule has 0 atom stereocenters. The topological polar surface area (TPSA) is 39.8 Å². The van der Waals surface area contributed by atoms with Crippen molar-refractivity contribution in [1.29, 1.82) is 0 Å². The molecular formula is C10H7ClN2O. The van der Waals surface area contributed by atoms with Gasteiger partial charge in [0.15, 0.2) is 6.20 Å². The van der Waals surface area contributed by atoms with Gasteiger partial charge in [-0.2, -0.15) is 4.73 Å². The Morgan fingerprint density at radius 2 is 1.93 bits per heavy atom. The van der Waals surface area contributed by atoms with Crippen LogP contribution in [0.1, 0.15) is 0 Å². The minimum absolute atomic E-state index is 0.528. The minimum Gasteiger partial charge on any atom is -0.618 e. The first-order chi connectivity index (χ1) is 6.77. The van der Waals surface area contributed by atoms with Crippen molar-refractivity contribution in [2.45, 2.75) is 0 Å². The zero-order valence-electron chi connectivity index (χ0n) is 7.22. The van der Waals surface area contributed by atoms with Gasteiger partial charge in [0.2, 0.25) is 5.69 Å². The summed E-state index contributed by atoms with van der Waals surface area (Å²) in [5.74, 6) is 0. The Morgan fingerprint density at radius 3 is 2.64 bits per heavy atom. The molecule has 0 unspecified atom stereocenters. The van der Waals surface area contributed by atoms with E-state index in [1.807, 2.05) is 0 Å². The summed E-state index contributed by atoms with van der Waals surface area (Å²) in [5.41, 5.74) is 1.33. The van der Waals surface area contributed by atoms with Crippen LogP contribution >= 0.6 is 11.6 Å². The van der Waals surface area contributed by atoms with Crippen LogP contribution in [0.15, 0.2) is 42.9 Å². The highest BCUT2D eigenvalue weighted by molar-refractivity contribution is 6.30. The molecule has 0 fully saturated rings. The van der Waals surface area contributed by atoms with Gasteiger partial charge >= 0.3 is 0 Å². The molecule has 0 N–H and O–H groups in total. The number of hydrogen-bond acceptors (Lipinski definition) is 2. The summed E-state index contributed by atoms with van der Waals surface area (Å²) in [5, 5.41) is 12.0. The third kappa shape index (κ3) is 1.67. The van der Waals surface area contributed by atoms with Gasteiger partial charge in [0.25, 0.3) is 0 Å². The number of hydrogen-bond donors (Lipinski definition) is 0. The molecule has 2 aromatic rings. The maximum atomic E-state index is 11.4. The quantitative estimate of drug-likeness (QED) is 0.529. The van der Waals surface area contributed by atoms with Gasteiger partial charge < -0.3 is 5.21 Å². The summed E-state index contributed by atoms with van der Waals surface area (Å²) in [6.45, 7) is 0. The van der Waals surface area contributed by atoms with E-state index < -0.39 is 0 Å². The molecular weight excluding hydrogens is 200 g/mol. The molecule has 0 amide bonds. The Kier molecular flexibility index (Phi) is 2.33. The maximum Gasteiger partial charge on any atom is 0.225 e. The second-order valence-corrected chi connectivity index (χ2v) is 3.23. The highest BCUT2D eigenvalue weighted by Crippen LogP contribution is 2.17. The molecule has 70 valence electrons. The first kappa shape index (κ1) is 8.97. The van der Waals surface area contributed by atoms with E-state index in [4.69, 9.17) is 11.6 Å². The van der Waals surface area contributed by atoms with Gasteiger partial charge in [-0.15, -0.1) is 0 Å².